The number of thiocarbonyl (C=S) groups is 1. The van der Waals surface area contributed by atoms with Crippen molar-refractivity contribution < 1.29 is 29.7 Å². The number of carbonyl (C=O) groups excluding carboxylic acids is 1. The lowest BCUT2D eigenvalue weighted by Crippen LogP contribution is -2.38. The fourth-order valence-corrected chi connectivity index (χ4v) is 6.41. The molecule has 0 radical (unpaired) electrons. The van der Waals surface area contributed by atoms with Gasteiger partial charge in [-0.05, 0) is 29.7 Å². The van der Waals surface area contributed by atoms with Gasteiger partial charge in [-0.3, -0.25) is 23.9 Å². The van der Waals surface area contributed by atoms with E-state index in [-0.39, 0.29) is 13.8 Å². The zero-order chi connectivity index (χ0) is 26.9. The van der Waals surface area contributed by atoms with Crippen molar-refractivity contribution in [3.63, 3.8) is 0 Å². The number of anilines is 1. The molecule has 3 N–H and O–H groups in total. The first-order valence-corrected chi connectivity index (χ1v) is 13.1. The van der Waals surface area contributed by atoms with Gasteiger partial charge in [0, 0.05) is 23.4 Å². The van der Waals surface area contributed by atoms with Crippen molar-refractivity contribution in [3.8, 4) is 5.88 Å². The van der Waals surface area contributed by atoms with E-state index >= 15 is 0 Å². The Bertz CT molecular complexity index is 1570. The zero-order valence-electron chi connectivity index (χ0n) is 19.2. The summed E-state index contributed by atoms with van der Waals surface area (Å²) in [5.41, 5.74) is 1.06. The number of carbonyl (C=O) groups is 3. The molecule has 3 aromatic rings. The minimum absolute atomic E-state index is 0.0219. The molecule has 1 amide bonds. The van der Waals surface area contributed by atoms with Crippen LogP contribution in [0.2, 0.25) is 0 Å². The molecule has 0 aliphatic carbocycles. The van der Waals surface area contributed by atoms with Crippen molar-refractivity contribution >= 4 is 86.8 Å². The highest BCUT2D eigenvalue weighted by molar-refractivity contribution is 8.03. The Morgan fingerprint density at radius 1 is 1.11 bits per heavy atom. The Balaban J connectivity index is 1.57. The summed E-state index contributed by atoms with van der Waals surface area (Å²) in [5.74, 6) is -3.81. The average Bonchev–Trinajstić information content (AvgIpc) is 3.32. The number of carboxylic acid groups (broad SMARTS) is 2. The molecule has 2 heterocycles. The number of thioether (sulfide) groups is 1. The van der Waals surface area contributed by atoms with E-state index in [0.29, 0.717) is 0 Å². The van der Waals surface area contributed by atoms with Crippen molar-refractivity contribution in [2.75, 3.05) is 18.5 Å². The third-order valence-corrected chi connectivity index (χ3v) is 8.55. The molecule has 0 spiro atoms. The van der Waals surface area contributed by atoms with Gasteiger partial charge in [0.05, 0.1) is 10.7 Å². The quantitative estimate of drug-likeness (QED) is 0.276. The fourth-order valence-electron chi connectivity index (χ4n) is 3.72. The van der Waals surface area contributed by atoms with E-state index < -0.39 is 36.8 Å². The number of allylic oxidation sites excluding steroid dienone is 2. The van der Waals surface area contributed by atoms with Crippen LogP contribution in [0.4, 0.5) is 5.69 Å². The number of aliphatic carboxylic acids is 2. The maximum absolute atomic E-state index is 13.0. The normalized spacial score (nSPS) is 13.9. The van der Waals surface area contributed by atoms with Crippen molar-refractivity contribution in [3.05, 3.63) is 68.5 Å². The van der Waals surface area contributed by atoms with E-state index in [1.165, 1.54) is 12.2 Å². The average molecular weight is 574 g/mol. The Hall–Kier alpha value is -3.52. The minimum Gasteiger partial charge on any atom is -0.493 e. The molecule has 13 heteroatoms. The molecule has 0 saturated carbocycles. The molecule has 1 aromatic heterocycles. The van der Waals surface area contributed by atoms with Gasteiger partial charge >= 0.3 is 11.9 Å². The molecule has 1 aliphatic heterocycles. The van der Waals surface area contributed by atoms with Gasteiger partial charge in [0.2, 0.25) is 5.88 Å². The molecule has 0 unspecified atom stereocenters. The van der Waals surface area contributed by atoms with Crippen LogP contribution in [0.25, 0.3) is 10.8 Å². The van der Waals surface area contributed by atoms with E-state index in [2.05, 4.69) is 6.07 Å². The second kappa shape index (κ2) is 10.8. The van der Waals surface area contributed by atoms with Crippen LogP contribution in [-0.2, 0) is 20.9 Å². The van der Waals surface area contributed by atoms with Gasteiger partial charge in [0.15, 0.2) is 3.95 Å². The molecule has 9 nitrogen and oxygen atoms in total. The number of benzene rings is 2. The van der Waals surface area contributed by atoms with E-state index in [4.69, 9.17) is 29.5 Å². The Kier molecular flexibility index (Phi) is 7.78. The van der Waals surface area contributed by atoms with Crippen molar-refractivity contribution in [2.24, 2.45) is 0 Å². The lowest BCUT2D eigenvalue weighted by molar-refractivity contribution is -0.140. The van der Waals surface area contributed by atoms with Crippen molar-refractivity contribution in [2.45, 2.75) is 11.4 Å². The smallest absolute Gasteiger partial charge is 0.323 e. The second-order valence-corrected chi connectivity index (χ2v) is 10.9. The largest absolute Gasteiger partial charge is 0.493 e. The molecule has 0 bridgehead atoms. The molecule has 0 saturated heterocycles. The molecule has 190 valence electrons. The highest BCUT2D eigenvalue weighted by Gasteiger charge is 2.27. The number of thiazole rings is 1. The van der Waals surface area contributed by atoms with E-state index in [9.17, 15) is 24.6 Å². The summed E-state index contributed by atoms with van der Waals surface area (Å²) in [5, 5.41) is 31.9. The van der Waals surface area contributed by atoms with Crippen molar-refractivity contribution in [1.82, 2.24) is 9.47 Å². The number of aromatic hydroxyl groups is 1. The van der Waals surface area contributed by atoms with Crippen LogP contribution in [0, 0.1) is 3.95 Å². The van der Waals surface area contributed by atoms with E-state index in [0.717, 1.165) is 47.2 Å². The van der Waals surface area contributed by atoms with Crippen LogP contribution in [0.3, 0.4) is 0 Å². The van der Waals surface area contributed by atoms with Gasteiger partial charge in [-0.2, -0.15) is 0 Å². The third kappa shape index (κ3) is 5.44. The van der Waals surface area contributed by atoms with Gasteiger partial charge in [-0.1, -0.05) is 71.7 Å². The highest BCUT2D eigenvalue weighted by Crippen LogP contribution is 2.48. The van der Waals surface area contributed by atoms with Crippen LogP contribution in [0.15, 0.2) is 64.6 Å². The Labute approximate surface area is 229 Å². The van der Waals surface area contributed by atoms with Crippen LogP contribution in [-0.4, -0.2) is 61.2 Å². The van der Waals surface area contributed by atoms with Crippen LogP contribution in [0.1, 0.15) is 4.88 Å². The van der Waals surface area contributed by atoms with Crippen LogP contribution in [0.5, 0.6) is 5.88 Å². The number of hydrogen-bond acceptors (Lipinski definition) is 9. The predicted octanol–water partition coefficient (Wildman–Crippen LogP) is 4.45. The number of aromatic nitrogens is 1. The van der Waals surface area contributed by atoms with Gasteiger partial charge in [-0.15, -0.1) is 0 Å². The summed E-state index contributed by atoms with van der Waals surface area (Å²) in [6.45, 7) is -1.36. The maximum atomic E-state index is 13.0. The number of amides is 1. The number of fused-ring (bicyclic) bond motifs is 3. The molecule has 0 fully saturated rings. The summed E-state index contributed by atoms with van der Waals surface area (Å²) in [6.07, 6.45) is 4.43. The topological polar surface area (TPSA) is 123 Å². The fraction of sp³-hybridized carbons (Fsp3) is 0.125. The summed E-state index contributed by atoms with van der Waals surface area (Å²) in [6, 6.07) is 12.1. The molecule has 1 aliphatic rings. The minimum atomic E-state index is -1.32. The summed E-state index contributed by atoms with van der Waals surface area (Å²) >= 11 is 12.7. The lowest BCUT2D eigenvalue weighted by atomic mass is 10.1. The first-order valence-electron chi connectivity index (χ1n) is 10.6. The molecule has 0 atom stereocenters. The zero-order valence-corrected chi connectivity index (χ0v) is 22.4. The lowest BCUT2D eigenvalue weighted by Gasteiger charge is -2.19. The first-order chi connectivity index (χ1) is 17.6. The standard InChI is InChI=1S/C24H19N3O6S4/c1-25-17(36-15-10-9-13-5-2-3-6-14(13)20(15)25)8-4-7-16(28)26(11-18(29)30)23(34)21-22(33)27(12-19(31)32)24(35)37-21/h2-10,33H,11-12H2,1H3,(H,29,30)(H,31,32). The summed E-state index contributed by atoms with van der Waals surface area (Å²) in [7, 11) is 1.93. The summed E-state index contributed by atoms with van der Waals surface area (Å²) < 4.78 is 0.968. The molecule has 4 rings (SSSR count). The molecule has 2 aromatic carbocycles. The van der Waals surface area contributed by atoms with E-state index in [1.807, 2.05) is 42.3 Å². The summed E-state index contributed by atoms with van der Waals surface area (Å²) in [4.78, 5) is 39.0. The molecular weight excluding hydrogens is 555 g/mol. The highest BCUT2D eigenvalue weighted by atomic mass is 32.2. The van der Waals surface area contributed by atoms with Crippen LogP contribution < -0.4 is 4.90 Å². The number of carboxylic acids is 2. The van der Waals surface area contributed by atoms with Gasteiger partial charge < -0.3 is 20.2 Å². The van der Waals surface area contributed by atoms with Gasteiger partial charge in [0.1, 0.15) is 23.0 Å². The predicted molar refractivity (Wildman–Crippen MR) is 149 cm³/mol. The van der Waals surface area contributed by atoms with Gasteiger partial charge in [-0.25, -0.2) is 0 Å². The molecule has 37 heavy (non-hydrogen) atoms. The Morgan fingerprint density at radius 2 is 1.84 bits per heavy atom. The van der Waals surface area contributed by atoms with Crippen molar-refractivity contribution in [1.29, 1.82) is 0 Å². The number of rotatable bonds is 7. The molecular formula is C24H19N3O6S4. The first kappa shape index (κ1) is 26.5. The van der Waals surface area contributed by atoms with Gasteiger partial charge in [0.25, 0.3) is 5.91 Å². The van der Waals surface area contributed by atoms with E-state index in [1.54, 1.807) is 17.8 Å². The van der Waals surface area contributed by atoms with Crippen LogP contribution >= 0.6 is 47.5 Å². The third-order valence-electron chi connectivity index (χ3n) is 5.38. The number of nitrogens with zero attached hydrogens (tertiary/aromatic N) is 3. The number of hydrogen-bond donors (Lipinski definition) is 3. The maximum Gasteiger partial charge on any atom is 0.323 e. The monoisotopic (exact) mass is 573 g/mol. The SMILES string of the molecule is CN1C(=CC=CC(=O)N(CC(=O)O)C(=S)c2sc(=S)n(CC(=O)O)c2O)Sc2ccc3ccccc3c21. The second-order valence-electron chi connectivity index (χ2n) is 7.78. The Morgan fingerprint density at radius 3 is 2.54 bits per heavy atom.